The van der Waals surface area contributed by atoms with Crippen LogP contribution in [0.2, 0.25) is 0 Å². The summed E-state index contributed by atoms with van der Waals surface area (Å²) in [6.07, 6.45) is 15.1. The van der Waals surface area contributed by atoms with E-state index in [0.29, 0.717) is 39.1 Å². The van der Waals surface area contributed by atoms with Crippen LogP contribution in [0.3, 0.4) is 0 Å². The summed E-state index contributed by atoms with van der Waals surface area (Å²) in [5.74, 6) is 1.25. The maximum absolute atomic E-state index is 11.7. The predicted molar refractivity (Wildman–Crippen MR) is 140 cm³/mol. The zero-order valence-electron chi connectivity index (χ0n) is 23.0. The lowest BCUT2D eigenvalue weighted by molar-refractivity contribution is -0.144. The number of nitrogens with one attached hydrogen (secondary N) is 1. The fourth-order valence-electron chi connectivity index (χ4n) is 3.39. The molecular weight excluding hydrogens is 414 g/mol. The van der Waals surface area contributed by atoms with E-state index in [1.165, 1.54) is 51.4 Å². The Morgan fingerprint density at radius 1 is 0.576 bits per heavy atom. The molecular formula is C28H57NO4. The van der Waals surface area contributed by atoms with Crippen LogP contribution in [-0.2, 0) is 19.1 Å². The zero-order valence-corrected chi connectivity index (χ0v) is 23.0. The summed E-state index contributed by atoms with van der Waals surface area (Å²) in [6, 6.07) is 0. The lowest BCUT2D eigenvalue weighted by Gasteiger charge is -2.07. The molecule has 0 saturated carbocycles. The van der Waals surface area contributed by atoms with Crippen molar-refractivity contribution in [1.82, 2.24) is 5.32 Å². The van der Waals surface area contributed by atoms with Crippen molar-refractivity contribution in [3.8, 4) is 0 Å². The Bertz CT molecular complexity index is 386. The Hall–Kier alpha value is -1.10. The number of hydrogen-bond acceptors (Lipinski definition) is 5. The van der Waals surface area contributed by atoms with Crippen LogP contribution in [-0.4, -0.2) is 38.2 Å². The van der Waals surface area contributed by atoms with Crippen molar-refractivity contribution < 1.29 is 19.1 Å². The molecule has 0 saturated heterocycles. The van der Waals surface area contributed by atoms with E-state index < -0.39 is 0 Å². The first-order valence-electron chi connectivity index (χ1n) is 13.9. The van der Waals surface area contributed by atoms with Gasteiger partial charge in [-0.3, -0.25) is 9.59 Å². The highest BCUT2D eigenvalue weighted by Gasteiger charge is 2.05. The third kappa shape index (κ3) is 30.9. The molecule has 5 heteroatoms. The molecule has 0 aliphatic rings. The van der Waals surface area contributed by atoms with Crippen molar-refractivity contribution in [3.63, 3.8) is 0 Å². The van der Waals surface area contributed by atoms with Crippen molar-refractivity contribution in [2.24, 2.45) is 11.8 Å². The van der Waals surface area contributed by atoms with E-state index in [9.17, 15) is 9.59 Å². The highest BCUT2D eigenvalue weighted by Crippen LogP contribution is 2.11. The van der Waals surface area contributed by atoms with Crippen LogP contribution in [0.15, 0.2) is 0 Å². The summed E-state index contributed by atoms with van der Waals surface area (Å²) >= 11 is 0. The Labute approximate surface area is 206 Å². The van der Waals surface area contributed by atoms with E-state index in [1.807, 2.05) is 13.8 Å². The molecule has 0 amide bonds. The average molecular weight is 472 g/mol. The van der Waals surface area contributed by atoms with E-state index in [0.717, 1.165) is 37.5 Å². The van der Waals surface area contributed by atoms with Crippen LogP contribution >= 0.6 is 0 Å². The first-order chi connectivity index (χ1) is 15.9. The smallest absolute Gasteiger partial charge is 0.307 e. The standard InChI is InChI=1S/C26H51NO4.C2H6/c1-23(2)15-11-7-5-9-13-21-30-25(28)17-19-27-20-18-26(29)31-22-14-10-6-8-12-16-24(3)4;1-2/h23-24,27H,5-22H2,1-4H3;1-2H3. The molecule has 0 aromatic rings. The summed E-state index contributed by atoms with van der Waals surface area (Å²) in [5.41, 5.74) is 0. The van der Waals surface area contributed by atoms with Crippen LogP contribution in [0.5, 0.6) is 0 Å². The summed E-state index contributed by atoms with van der Waals surface area (Å²) in [5, 5.41) is 3.11. The molecule has 33 heavy (non-hydrogen) atoms. The second kappa shape index (κ2) is 27.1. The predicted octanol–water partition coefficient (Wildman–Crippen LogP) is 7.46. The van der Waals surface area contributed by atoms with E-state index >= 15 is 0 Å². The Balaban J connectivity index is 0. The molecule has 0 bridgehead atoms. The molecule has 0 rings (SSSR count). The van der Waals surface area contributed by atoms with Crippen molar-refractivity contribution >= 4 is 11.9 Å². The van der Waals surface area contributed by atoms with Gasteiger partial charge in [-0.1, -0.05) is 106 Å². The number of unbranched alkanes of at least 4 members (excludes halogenated alkanes) is 8. The highest BCUT2D eigenvalue weighted by atomic mass is 16.5. The van der Waals surface area contributed by atoms with E-state index in [2.05, 4.69) is 33.0 Å². The minimum absolute atomic E-state index is 0.164. The maximum atomic E-state index is 11.7. The SMILES string of the molecule is CC.CC(C)CCCCCCCOC(=O)CCNCCC(=O)OCCCCCCCC(C)C. The number of hydrogen-bond donors (Lipinski definition) is 1. The Morgan fingerprint density at radius 3 is 1.27 bits per heavy atom. The van der Waals surface area contributed by atoms with Crippen LogP contribution < -0.4 is 5.32 Å². The molecule has 198 valence electrons. The van der Waals surface area contributed by atoms with Gasteiger partial charge in [-0.05, 0) is 24.7 Å². The highest BCUT2D eigenvalue weighted by molar-refractivity contribution is 5.70. The Morgan fingerprint density at radius 2 is 0.909 bits per heavy atom. The van der Waals surface area contributed by atoms with E-state index in [1.54, 1.807) is 0 Å². The number of carbonyl (C=O) groups excluding carboxylic acids is 2. The third-order valence-electron chi connectivity index (χ3n) is 5.39. The van der Waals surface area contributed by atoms with Gasteiger partial charge in [-0.25, -0.2) is 0 Å². The molecule has 0 aromatic carbocycles. The van der Waals surface area contributed by atoms with Gasteiger partial charge in [0.25, 0.3) is 0 Å². The van der Waals surface area contributed by atoms with Gasteiger partial charge < -0.3 is 14.8 Å². The second-order valence-electron chi connectivity index (χ2n) is 9.59. The fourth-order valence-corrected chi connectivity index (χ4v) is 3.39. The number of esters is 2. The van der Waals surface area contributed by atoms with Crippen molar-refractivity contribution in [2.45, 2.75) is 131 Å². The topological polar surface area (TPSA) is 64.6 Å². The van der Waals surface area contributed by atoms with Crippen molar-refractivity contribution in [1.29, 1.82) is 0 Å². The molecule has 0 unspecified atom stereocenters. The van der Waals surface area contributed by atoms with Gasteiger partial charge in [0.05, 0.1) is 26.1 Å². The zero-order chi connectivity index (χ0) is 25.2. The van der Waals surface area contributed by atoms with Gasteiger partial charge in [-0.2, -0.15) is 0 Å². The fraction of sp³-hybridized carbons (Fsp3) is 0.929. The molecule has 5 nitrogen and oxygen atoms in total. The lowest BCUT2D eigenvalue weighted by atomic mass is 10.0. The third-order valence-corrected chi connectivity index (χ3v) is 5.39. The molecule has 0 fully saturated rings. The van der Waals surface area contributed by atoms with Crippen molar-refractivity contribution in [3.05, 3.63) is 0 Å². The minimum Gasteiger partial charge on any atom is -0.466 e. The van der Waals surface area contributed by atoms with Crippen LogP contribution in [0.25, 0.3) is 0 Å². The monoisotopic (exact) mass is 471 g/mol. The molecule has 0 atom stereocenters. The lowest BCUT2D eigenvalue weighted by Crippen LogP contribution is -2.23. The van der Waals surface area contributed by atoms with E-state index in [-0.39, 0.29) is 11.9 Å². The molecule has 0 aliphatic carbocycles. The normalized spacial score (nSPS) is 10.8. The van der Waals surface area contributed by atoms with Gasteiger partial charge in [-0.15, -0.1) is 0 Å². The summed E-state index contributed by atoms with van der Waals surface area (Å²) in [6.45, 7) is 15.2. The molecule has 0 heterocycles. The largest absolute Gasteiger partial charge is 0.466 e. The van der Waals surface area contributed by atoms with Crippen LogP contribution in [0.1, 0.15) is 131 Å². The van der Waals surface area contributed by atoms with E-state index in [4.69, 9.17) is 9.47 Å². The maximum Gasteiger partial charge on any atom is 0.307 e. The first-order valence-corrected chi connectivity index (χ1v) is 13.9. The molecule has 0 spiro atoms. The quantitative estimate of drug-likeness (QED) is 0.131. The summed E-state index contributed by atoms with van der Waals surface area (Å²) in [4.78, 5) is 23.4. The minimum atomic E-state index is -0.164. The summed E-state index contributed by atoms with van der Waals surface area (Å²) < 4.78 is 10.5. The van der Waals surface area contributed by atoms with Gasteiger partial charge in [0.2, 0.25) is 0 Å². The van der Waals surface area contributed by atoms with Gasteiger partial charge in [0.15, 0.2) is 0 Å². The molecule has 0 radical (unpaired) electrons. The van der Waals surface area contributed by atoms with Gasteiger partial charge in [0, 0.05) is 13.1 Å². The Kier molecular flexibility index (Phi) is 28.0. The average Bonchev–Trinajstić information content (AvgIpc) is 2.78. The summed E-state index contributed by atoms with van der Waals surface area (Å²) in [7, 11) is 0. The molecule has 0 aromatic heterocycles. The van der Waals surface area contributed by atoms with Crippen LogP contribution in [0.4, 0.5) is 0 Å². The number of rotatable bonds is 22. The molecule has 0 aliphatic heterocycles. The van der Waals surface area contributed by atoms with Crippen LogP contribution in [0, 0.1) is 11.8 Å². The van der Waals surface area contributed by atoms with Gasteiger partial charge >= 0.3 is 11.9 Å². The van der Waals surface area contributed by atoms with Crippen molar-refractivity contribution in [2.75, 3.05) is 26.3 Å². The first kappa shape index (κ1) is 34.1. The van der Waals surface area contributed by atoms with Gasteiger partial charge in [0.1, 0.15) is 0 Å². The molecule has 1 N–H and O–H groups in total. The second-order valence-corrected chi connectivity index (χ2v) is 9.59. The number of carbonyl (C=O) groups is 2. The number of ether oxygens (including phenoxy) is 2.